The lowest BCUT2D eigenvalue weighted by Gasteiger charge is -2.20. The van der Waals surface area contributed by atoms with Gasteiger partial charge in [-0.1, -0.05) is 0 Å². The van der Waals surface area contributed by atoms with Gasteiger partial charge in [0.15, 0.2) is 6.04 Å². The van der Waals surface area contributed by atoms with E-state index in [2.05, 4.69) is 5.73 Å². The summed E-state index contributed by atoms with van der Waals surface area (Å²) in [6.07, 6.45) is -0.797. The number of aliphatic carboxylic acids is 2. The average Bonchev–Trinajstić information content (AvgIpc) is 1.97. The van der Waals surface area contributed by atoms with Gasteiger partial charge in [-0.15, -0.1) is 0 Å². The lowest BCUT2D eigenvalue weighted by Crippen LogP contribution is -2.52. The normalized spacial score (nSPS) is 11.8. The minimum Gasteiger partial charge on any atom is -0.481 e. The van der Waals surface area contributed by atoms with Gasteiger partial charge in [0.05, 0.1) is 6.42 Å². The van der Waals surface area contributed by atoms with Gasteiger partial charge in [0.25, 0.3) is 0 Å². The molecule has 0 saturated heterocycles. The third kappa shape index (κ3) is 3.38. The summed E-state index contributed by atoms with van der Waals surface area (Å²) < 4.78 is 0. The van der Waals surface area contributed by atoms with Crippen molar-refractivity contribution < 1.29 is 24.6 Å². The van der Waals surface area contributed by atoms with Gasteiger partial charge < -0.3 is 15.9 Å². The van der Waals surface area contributed by atoms with E-state index in [0.717, 1.165) is 0 Å². The summed E-state index contributed by atoms with van der Waals surface area (Å²) in [6.45, 7) is 0. The van der Waals surface area contributed by atoms with Crippen molar-refractivity contribution in [2.75, 3.05) is 0 Å². The van der Waals surface area contributed by atoms with Gasteiger partial charge in [-0.2, -0.15) is 0 Å². The van der Waals surface area contributed by atoms with E-state index in [1.807, 2.05) is 0 Å². The number of carbonyl (C=O) groups is 3. The number of hydrazine groups is 1. The number of amides is 2. The molecular weight excluding hydrogens is 182 g/mol. The molecule has 0 aliphatic carbocycles. The first-order valence-corrected chi connectivity index (χ1v) is 3.14. The fraction of sp³-hybridized carbons (Fsp3) is 0.400. The van der Waals surface area contributed by atoms with Crippen molar-refractivity contribution in [1.82, 2.24) is 5.01 Å². The maximum Gasteiger partial charge on any atom is 0.329 e. The molecule has 1 atom stereocenters. The van der Waals surface area contributed by atoms with Crippen LogP contribution < -0.4 is 11.6 Å². The van der Waals surface area contributed by atoms with Gasteiger partial charge in [0, 0.05) is 0 Å². The van der Waals surface area contributed by atoms with E-state index in [9.17, 15) is 14.4 Å². The van der Waals surface area contributed by atoms with Gasteiger partial charge >= 0.3 is 18.0 Å². The monoisotopic (exact) mass is 191 g/mol. The van der Waals surface area contributed by atoms with Gasteiger partial charge in [-0.05, 0) is 0 Å². The van der Waals surface area contributed by atoms with Crippen LogP contribution in [0.3, 0.4) is 0 Å². The summed E-state index contributed by atoms with van der Waals surface area (Å²) in [4.78, 5) is 30.9. The Bertz CT molecular complexity index is 240. The number of carbonyl (C=O) groups excluding carboxylic acids is 1. The van der Waals surface area contributed by atoms with Crippen LogP contribution in [0.4, 0.5) is 4.79 Å². The molecule has 0 rings (SSSR count). The quantitative estimate of drug-likeness (QED) is 0.233. The highest BCUT2D eigenvalue weighted by atomic mass is 16.4. The Kier molecular flexibility index (Phi) is 3.66. The van der Waals surface area contributed by atoms with Crippen molar-refractivity contribution in [3.63, 3.8) is 0 Å². The van der Waals surface area contributed by atoms with Gasteiger partial charge in [-0.25, -0.2) is 20.4 Å². The van der Waals surface area contributed by atoms with E-state index in [-0.39, 0.29) is 5.01 Å². The molecule has 0 aromatic rings. The van der Waals surface area contributed by atoms with Crippen LogP contribution in [0.5, 0.6) is 0 Å². The average molecular weight is 191 g/mol. The van der Waals surface area contributed by atoms with Crippen LogP contribution in [0.2, 0.25) is 0 Å². The molecule has 0 aromatic heterocycles. The maximum absolute atomic E-state index is 10.4. The number of nitrogens with zero attached hydrogens (tertiary/aromatic N) is 1. The number of hydrogen-bond acceptors (Lipinski definition) is 4. The number of carboxylic acid groups (broad SMARTS) is 2. The molecule has 1 unspecified atom stereocenters. The summed E-state index contributed by atoms with van der Waals surface area (Å²) in [6, 6.07) is -2.84. The first kappa shape index (κ1) is 11.2. The molecule has 0 heterocycles. The zero-order chi connectivity index (χ0) is 10.6. The molecule has 0 aliphatic heterocycles. The zero-order valence-electron chi connectivity index (χ0n) is 6.51. The van der Waals surface area contributed by atoms with Crippen LogP contribution in [-0.2, 0) is 9.59 Å². The molecule has 0 aromatic carbocycles. The fourth-order valence-corrected chi connectivity index (χ4v) is 0.624. The molecule has 0 spiro atoms. The van der Waals surface area contributed by atoms with Crippen LogP contribution in [0.1, 0.15) is 6.42 Å². The van der Waals surface area contributed by atoms with E-state index in [4.69, 9.17) is 16.1 Å². The minimum atomic E-state index is -1.64. The van der Waals surface area contributed by atoms with E-state index in [0.29, 0.717) is 0 Å². The van der Waals surface area contributed by atoms with Gasteiger partial charge in [0.2, 0.25) is 0 Å². The number of hydrogen-bond donors (Lipinski definition) is 4. The van der Waals surface area contributed by atoms with Crippen LogP contribution in [0.25, 0.3) is 0 Å². The Morgan fingerprint density at radius 3 is 2.00 bits per heavy atom. The highest BCUT2D eigenvalue weighted by Crippen LogP contribution is 1.99. The number of nitrogens with two attached hydrogens (primary N) is 2. The van der Waals surface area contributed by atoms with Crippen molar-refractivity contribution in [1.29, 1.82) is 0 Å². The van der Waals surface area contributed by atoms with Gasteiger partial charge in [-0.3, -0.25) is 4.79 Å². The van der Waals surface area contributed by atoms with Crippen molar-refractivity contribution in [2.45, 2.75) is 12.5 Å². The van der Waals surface area contributed by atoms with Crippen molar-refractivity contribution in [3.05, 3.63) is 0 Å². The van der Waals surface area contributed by atoms with Crippen LogP contribution in [0, 0.1) is 0 Å². The van der Waals surface area contributed by atoms with E-state index < -0.39 is 30.4 Å². The van der Waals surface area contributed by atoms with E-state index >= 15 is 0 Å². The number of urea groups is 1. The topological polar surface area (TPSA) is 147 Å². The molecule has 0 bridgehead atoms. The number of carboxylic acids is 2. The molecule has 0 radical (unpaired) electrons. The van der Waals surface area contributed by atoms with Crippen molar-refractivity contribution in [2.24, 2.45) is 11.6 Å². The van der Waals surface area contributed by atoms with E-state index in [1.165, 1.54) is 0 Å². The number of primary amides is 1. The predicted molar refractivity (Wildman–Crippen MR) is 39.3 cm³/mol. The lowest BCUT2D eigenvalue weighted by molar-refractivity contribution is -0.148. The zero-order valence-corrected chi connectivity index (χ0v) is 6.51. The first-order valence-electron chi connectivity index (χ1n) is 3.14. The first-order chi connectivity index (χ1) is 5.86. The summed E-state index contributed by atoms with van der Waals surface area (Å²) >= 11 is 0. The predicted octanol–water partition coefficient (Wildman–Crippen LogP) is -1.83. The molecule has 0 saturated carbocycles. The Morgan fingerprint density at radius 2 is 1.77 bits per heavy atom. The Labute approximate surface area is 72.7 Å². The molecule has 13 heavy (non-hydrogen) atoms. The second-order valence-electron chi connectivity index (χ2n) is 2.20. The second kappa shape index (κ2) is 4.26. The molecule has 2 amide bonds. The summed E-state index contributed by atoms with van der Waals surface area (Å²) in [7, 11) is 0. The molecule has 8 heteroatoms. The molecule has 0 aliphatic rings. The minimum absolute atomic E-state index is 0.163. The summed E-state index contributed by atoms with van der Waals surface area (Å²) in [5.41, 5.74) is 4.66. The van der Waals surface area contributed by atoms with Crippen LogP contribution >= 0.6 is 0 Å². The molecule has 74 valence electrons. The van der Waals surface area contributed by atoms with Crippen molar-refractivity contribution in [3.8, 4) is 0 Å². The van der Waals surface area contributed by atoms with Crippen LogP contribution in [-0.4, -0.2) is 39.2 Å². The third-order valence-corrected chi connectivity index (χ3v) is 1.24. The number of rotatable bonds is 4. The largest absolute Gasteiger partial charge is 0.481 e. The molecule has 8 nitrogen and oxygen atoms in total. The highest BCUT2D eigenvalue weighted by Gasteiger charge is 2.28. The Morgan fingerprint density at radius 1 is 1.31 bits per heavy atom. The Balaban J connectivity index is 4.51. The summed E-state index contributed by atoms with van der Waals surface area (Å²) in [5.74, 6) is 2.02. The molecular formula is C5H9N3O5. The third-order valence-electron chi connectivity index (χ3n) is 1.24. The van der Waals surface area contributed by atoms with Crippen LogP contribution in [0.15, 0.2) is 0 Å². The lowest BCUT2D eigenvalue weighted by atomic mass is 10.2. The van der Waals surface area contributed by atoms with Crippen molar-refractivity contribution >= 4 is 18.0 Å². The molecule has 0 fully saturated rings. The Hall–Kier alpha value is -1.83. The highest BCUT2D eigenvalue weighted by molar-refractivity contribution is 5.85. The SMILES string of the molecule is NC(=O)N(N)C(CC(=O)O)C(=O)O. The standard InChI is InChI=1S/C5H9N3O5/c6-5(13)8(7)2(4(11)12)1-3(9)10/h2H,1,7H2,(H2,6,13)(H,9,10)(H,11,12). The molecule has 6 N–H and O–H groups in total. The van der Waals surface area contributed by atoms with Gasteiger partial charge in [0.1, 0.15) is 0 Å². The van der Waals surface area contributed by atoms with E-state index in [1.54, 1.807) is 0 Å². The fourth-order valence-electron chi connectivity index (χ4n) is 0.624. The summed E-state index contributed by atoms with van der Waals surface area (Å²) in [5, 5.41) is 16.9. The second-order valence-corrected chi connectivity index (χ2v) is 2.20. The smallest absolute Gasteiger partial charge is 0.329 e. The maximum atomic E-state index is 10.4.